The molecule has 0 saturated carbocycles. The maximum Gasteiger partial charge on any atom is 0.338 e. The number of carbonyl (C=O) groups excluding carboxylic acids is 1. The summed E-state index contributed by atoms with van der Waals surface area (Å²) in [7, 11) is 1.33. The van der Waals surface area contributed by atoms with Gasteiger partial charge in [0, 0.05) is 15.9 Å². The Morgan fingerprint density at radius 1 is 1.17 bits per heavy atom. The van der Waals surface area contributed by atoms with Gasteiger partial charge in [-0.05, 0) is 17.2 Å². The van der Waals surface area contributed by atoms with E-state index >= 15 is 0 Å². The van der Waals surface area contributed by atoms with Gasteiger partial charge < -0.3 is 4.74 Å². The van der Waals surface area contributed by atoms with Crippen molar-refractivity contribution in [2.45, 2.75) is 6.54 Å². The molecular formula is C18H14N4O2. The molecule has 0 fully saturated rings. The third kappa shape index (κ3) is 2.78. The number of azide groups is 1. The summed E-state index contributed by atoms with van der Waals surface area (Å²) in [6.45, 7) is 0.0169. The highest BCUT2D eigenvalue weighted by atomic mass is 16.5. The minimum absolute atomic E-state index is 0.0169. The molecule has 0 spiro atoms. The zero-order chi connectivity index (χ0) is 16.9. The molecule has 1 aromatic heterocycles. The van der Waals surface area contributed by atoms with Gasteiger partial charge in [0.15, 0.2) is 0 Å². The molecule has 0 unspecified atom stereocenters. The molecule has 0 N–H and O–H groups in total. The van der Waals surface area contributed by atoms with Gasteiger partial charge in [0.25, 0.3) is 0 Å². The van der Waals surface area contributed by atoms with E-state index in [1.165, 1.54) is 7.11 Å². The van der Waals surface area contributed by atoms with E-state index in [-0.39, 0.29) is 6.54 Å². The highest BCUT2D eigenvalue weighted by Crippen LogP contribution is 2.31. The fraction of sp³-hybridized carbons (Fsp3) is 0.111. The lowest BCUT2D eigenvalue weighted by atomic mass is 9.96. The summed E-state index contributed by atoms with van der Waals surface area (Å²) in [5, 5.41) is 4.32. The zero-order valence-electron chi connectivity index (χ0n) is 13.0. The molecule has 0 aliphatic heterocycles. The fourth-order valence-electron chi connectivity index (χ4n) is 2.68. The van der Waals surface area contributed by atoms with Crippen molar-refractivity contribution in [3.8, 4) is 11.3 Å². The van der Waals surface area contributed by atoms with Crippen molar-refractivity contribution in [3.05, 3.63) is 76.2 Å². The topological polar surface area (TPSA) is 88.0 Å². The average molecular weight is 318 g/mol. The molecule has 1 heterocycles. The second kappa shape index (κ2) is 6.81. The number of ether oxygens (including phenoxy) is 1. The Bertz CT molecular complexity index is 948. The largest absolute Gasteiger partial charge is 0.465 e. The normalized spacial score (nSPS) is 10.2. The van der Waals surface area contributed by atoms with Crippen molar-refractivity contribution < 1.29 is 9.53 Å². The minimum Gasteiger partial charge on any atom is -0.465 e. The van der Waals surface area contributed by atoms with E-state index in [0.717, 1.165) is 5.56 Å². The molecule has 0 amide bonds. The van der Waals surface area contributed by atoms with E-state index in [4.69, 9.17) is 10.3 Å². The predicted molar refractivity (Wildman–Crippen MR) is 91.4 cm³/mol. The van der Waals surface area contributed by atoms with E-state index in [2.05, 4.69) is 15.0 Å². The van der Waals surface area contributed by atoms with Gasteiger partial charge in [-0.2, -0.15) is 0 Å². The van der Waals surface area contributed by atoms with Gasteiger partial charge in [-0.25, -0.2) is 9.78 Å². The monoisotopic (exact) mass is 318 g/mol. The van der Waals surface area contributed by atoms with Crippen LogP contribution >= 0.6 is 0 Å². The number of methoxy groups -OCH3 is 1. The number of pyridine rings is 1. The van der Waals surface area contributed by atoms with Crippen LogP contribution in [0, 0.1) is 0 Å². The summed E-state index contributed by atoms with van der Waals surface area (Å²) in [6, 6.07) is 16.8. The third-order valence-corrected chi connectivity index (χ3v) is 3.72. The number of hydrogen-bond donors (Lipinski definition) is 0. The standard InChI is InChI=1S/C18H14N4O2/c1-24-18(23)16-13-9-5-6-10-15(13)21-17(14(16)11-20-22-19)12-7-3-2-4-8-12/h2-10H,11H2,1H3. The van der Waals surface area contributed by atoms with E-state index in [9.17, 15) is 4.79 Å². The minimum atomic E-state index is -0.478. The Hall–Kier alpha value is -3.37. The van der Waals surface area contributed by atoms with Gasteiger partial charge in [-0.15, -0.1) is 0 Å². The summed E-state index contributed by atoms with van der Waals surface area (Å²) in [5.41, 5.74) is 11.8. The Kier molecular flexibility index (Phi) is 4.40. The number of benzene rings is 2. The first-order chi connectivity index (χ1) is 11.8. The highest BCUT2D eigenvalue weighted by molar-refractivity contribution is 6.06. The summed E-state index contributed by atoms with van der Waals surface area (Å²) in [6.07, 6.45) is 0. The van der Waals surface area contributed by atoms with Crippen LogP contribution in [0.1, 0.15) is 15.9 Å². The van der Waals surface area contributed by atoms with Crippen LogP contribution in [-0.2, 0) is 11.3 Å². The first kappa shape index (κ1) is 15.5. The number of fused-ring (bicyclic) bond motifs is 1. The van der Waals surface area contributed by atoms with Crippen molar-refractivity contribution in [2.24, 2.45) is 5.11 Å². The molecule has 0 aliphatic rings. The number of para-hydroxylation sites is 1. The lowest BCUT2D eigenvalue weighted by Crippen LogP contribution is -2.09. The highest BCUT2D eigenvalue weighted by Gasteiger charge is 2.21. The van der Waals surface area contributed by atoms with E-state index < -0.39 is 5.97 Å². The quantitative estimate of drug-likeness (QED) is 0.307. The van der Waals surface area contributed by atoms with Gasteiger partial charge >= 0.3 is 5.97 Å². The molecule has 24 heavy (non-hydrogen) atoms. The van der Waals surface area contributed by atoms with Gasteiger partial charge in [0.2, 0.25) is 0 Å². The van der Waals surface area contributed by atoms with Crippen LogP contribution in [0.2, 0.25) is 0 Å². The Morgan fingerprint density at radius 3 is 2.58 bits per heavy atom. The van der Waals surface area contributed by atoms with Crippen LogP contribution in [0.4, 0.5) is 0 Å². The van der Waals surface area contributed by atoms with Crippen LogP contribution in [-0.4, -0.2) is 18.1 Å². The van der Waals surface area contributed by atoms with Crippen LogP contribution in [0.5, 0.6) is 0 Å². The van der Waals surface area contributed by atoms with Crippen LogP contribution in [0.15, 0.2) is 59.7 Å². The lowest BCUT2D eigenvalue weighted by Gasteiger charge is -2.14. The SMILES string of the molecule is COC(=O)c1c(CN=[N+]=[N-])c(-c2ccccc2)nc2ccccc12. The summed E-state index contributed by atoms with van der Waals surface area (Å²) in [4.78, 5) is 19.9. The zero-order valence-corrected chi connectivity index (χ0v) is 13.0. The molecule has 3 rings (SSSR count). The summed E-state index contributed by atoms with van der Waals surface area (Å²) >= 11 is 0. The van der Waals surface area contributed by atoms with Crippen molar-refractivity contribution >= 4 is 16.9 Å². The second-order valence-electron chi connectivity index (χ2n) is 5.08. The van der Waals surface area contributed by atoms with E-state index in [0.29, 0.717) is 27.7 Å². The van der Waals surface area contributed by atoms with Gasteiger partial charge in [0.05, 0.1) is 30.4 Å². The van der Waals surface area contributed by atoms with Crippen molar-refractivity contribution in [3.63, 3.8) is 0 Å². The number of nitrogens with zero attached hydrogens (tertiary/aromatic N) is 4. The predicted octanol–water partition coefficient (Wildman–Crippen LogP) is 4.50. The Morgan fingerprint density at radius 2 is 1.88 bits per heavy atom. The molecule has 0 bridgehead atoms. The van der Waals surface area contributed by atoms with Crippen LogP contribution in [0.3, 0.4) is 0 Å². The summed E-state index contributed by atoms with van der Waals surface area (Å²) in [5.74, 6) is -0.478. The number of rotatable bonds is 4. The molecule has 0 radical (unpaired) electrons. The van der Waals surface area contributed by atoms with Crippen LogP contribution in [0.25, 0.3) is 32.6 Å². The van der Waals surface area contributed by atoms with Crippen molar-refractivity contribution in [1.82, 2.24) is 4.98 Å². The first-order valence-corrected chi connectivity index (χ1v) is 7.32. The molecule has 0 atom stereocenters. The Labute approximate surface area is 138 Å². The smallest absolute Gasteiger partial charge is 0.338 e. The second-order valence-corrected chi connectivity index (χ2v) is 5.08. The molecule has 6 heteroatoms. The average Bonchev–Trinajstić information content (AvgIpc) is 2.65. The maximum absolute atomic E-state index is 12.4. The molecule has 0 saturated heterocycles. The van der Waals surface area contributed by atoms with Crippen LogP contribution < -0.4 is 0 Å². The fourth-order valence-corrected chi connectivity index (χ4v) is 2.68. The molecule has 2 aromatic carbocycles. The summed E-state index contributed by atoms with van der Waals surface area (Å²) < 4.78 is 4.95. The van der Waals surface area contributed by atoms with Gasteiger partial charge in [-0.3, -0.25) is 0 Å². The van der Waals surface area contributed by atoms with Gasteiger partial charge in [0.1, 0.15) is 0 Å². The third-order valence-electron chi connectivity index (χ3n) is 3.72. The molecule has 0 aliphatic carbocycles. The molecule has 6 nitrogen and oxygen atoms in total. The van der Waals surface area contributed by atoms with Gasteiger partial charge in [-0.1, -0.05) is 53.6 Å². The Balaban J connectivity index is 2.41. The number of esters is 1. The van der Waals surface area contributed by atoms with E-state index in [1.54, 1.807) is 0 Å². The number of aromatic nitrogens is 1. The van der Waals surface area contributed by atoms with Crippen molar-refractivity contribution in [1.29, 1.82) is 0 Å². The first-order valence-electron chi connectivity index (χ1n) is 7.32. The van der Waals surface area contributed by atoms with E-state index in [1.807, 2.05) is 54.6 Å². The maximum atomic E-state index is 12.4. The lowest BCUT2D eigenvalue weighted by molar-refractivity contribution is 0.0602. The molecular weight excluding hydrogens is 304 g/mol. The number of carbonyl (C=O) groups is 1. The molecule has 118 valence electrons. The number of hydrogen-bond acceptors (Lipinski definition) is 4. The molecule has 3 aromatic rings. The van der Waals surface area contributed by atoms with Crippen molar-refractivity contribution in [2.75, 3.05) is 7.11 Å².